The van der Waals surface area contributed by atoms with Crippen molar-refractivity contribution in [3.8, 4) is 5.75 Å². The summed E-state index contributed by atoms with van der Waals surface area (Å²) in [4.78, 5) is 0. The van der Waals surface area contributed by atoms with Crippen LogP contribution in [-0.4, -0.2) is 12.6 Å². The van der Waals surface area contributed by atoms with E-state index in [9.17, 15) is 0 Å². The van der Waals surface area contributed by atoms with E-state index in [1.165, 1.54) is 5.56 Å². The molecule has 0 aliphatic rings. The molecular formula is C16H18BrNO. The van der Waals surface area contributed by atoms with Gasteiger partial charge in [-0.15, -0.1) is 0 Å². The summed E-state index contributed by atoms with van der Waals surface area (Å²) in [5.41, 5.74) is 7.38. The van der Waals surface area contributed by atoms with E-state index >= 15 is 0 Å². The molecular weight excluding hydrogens is 302 g/mol. The monoisotopic (exact) mass is 319 g/mol. The van der Waals surface area contributed by atoms with E-state index in [4.69, 9.17) is 10.5 Å². The van der Waals surface area contributed by atoms with Gasteiger partial charge in [-0.3, -0.25) is 0 Å². The molecule has 0 aromatic heterocycles. The van der Waals surface area contributed by atoms with Crippen molar-refractivity contribution < 1.29 is 4.74 Å². The molecule has 2 nitrogen and oxygen atoms in total. The van der Waals surface area contributed by atoms with E-state index in [1.807, 2.05) is 42.5 Å². The lowest BCUT2D eigenvalue weighted by Gasteiger charge is -2.12. The van der Waals surface area contributed by atoms with E-state index in [1.54, 1.807) is 0 Å². The van der Waals surface area contributed by atoms with Gasteiger partial charge in [-0.2, -0.15) is 0 Å². The van der Waals surface area contributed by atoms with Gasteiger partial charge in [0.2, 0.25) is 0 Å². The van der Waals surface area contributed by atoms with Gasteiger partial charge >= 0.3 is 0 Å². The number of hydrogen-bond donors (Lipinski definition) is 1. The summed E-state index contributed by atoms with van der Waals surface area (Å²) in [6, 6.07) is 18.3. The number of para-hydroxylation sites is 1. The number of hydrogen-bond acceptors (Lipinski definition) is 2. The molecule has 100 valence electrons. The van der Waals surface area contributed by atoms with Gasteiger partial charge in [-0.1, -0.05) is 46.3 Å². The van der Waals surface area contributed by atoms with Gasteiger partial charge in [-0.05, 0) is 42.7 Å². The lowest BCUT2D eigenvalue weighted by atomic mass is 10.0. The normalized spacial score (nSPS) is 12.1. The molecule has 0 heterocycles. The minimum atomic E-state index is 0.130. The zero-order valence-corrected chi connectivity index (χ0v) is 12.3. The van der Waals surface area contributed by atoms with Crippen molar-refractivity contribution in [2.45, 2.75) is 18.9 Å². The molecule has 0 spiro atoms. The molecule has 0 aliphatic carbocycles. The first-order chi connectivity index (χ1) is 9.24. The summed E-state index contributed by atoms with van der Waals surface area (Å²) in [5.74, 6) is 0.901. The van der Waals surface area contributed by atoms with Crippen LogP contribution < -0.4 is 10.5 Å². The third-order valence-corrected chi connectivity index (χ3v) is 3.44. The summed E-state index contributed by atoms with van der Waals surface area (Å²) in [6.07, 6.45) is 1.73. The molecule has 19 heavy (non-hydrogen) atoms. The van der Waals surface area contributed by atoms with E-state index in [0.29, 0.717) is 6.61 Å². The lowest BCUT2D eigenvalue weighted by molar-refractivity contribution is 0.297. The van der Waals surface area contributed by atoms with Crippen LogP contribution in [0.1, 0.15) is 12.0 Å². The second kappa shape index (κ2) is 7.31. The molecule has 0 aliphatic heterocycles. The first kappa shape index (κ1) is 14.1. The highest BCUT2D eigenvalue weighted by atomic mass is 79.9. The first-order valence-corrected chi connectivity index (χ1v) is 7.21. The number of benzene rings is 2. The topological polar surface area (TPSA) is 35.2 Å². The molecule has 0 saturated carbocycles. The van der Waals surface area contributed by atoms with Crippen LogP contribution in [-0.2, 0) is 6.42 Å². The predicted molar refractivity (Wildman–Crippen MR) is 82.4 cm³/mol. The zero-order valence-electron chi connectivity index (χ0n) is 10.8. The first-order valence-electron chi connectivity index (χ1n) is 6.42. The van der Waals surface area contributed by atoms with Crippen molar-refractivity contribution in [3.63, 3.8) is 0 Å². The van der Waals surface area contributed by atoms with E-state index in [0.717, 1.165) is 23.1 Å². The molecule has 2 N–H and O–H groups in total. The quantitative estimate of drug-likeness (QED) is 0.879. The van der Waals surface area contributed by atoms with Crippen molar-refractivity contribution >= 4 is 15.9 Å². The molecule has 0 saturated heterocycles. The largest absolute Gasteiger partial charge is 0.494 e. The van der Waals surface area contributed by atoms with E-state index in [2.05, 4.69) is 28.1 Å². The molecule has 2 aromatic rings. The standard InChI is InChI=1S/C16H18BrNO/c17-14-8-6-13(7-9-14)12-15(18)10-11-19-16-4-2-1-3-5-16/h1-9,15H,10-12,18H2. The van der Waals surface area contributed by atoms with Crippen LogP contribution in [0.2, 0.25) is 0 Å². The Morgan fingerprint density at radius 2 is 1.68 bits per heavy atom. The highest BCUT2D eigenvalue weighted by Gasteiger charge is 2.04. The van der Waals surface area contributed by atoms with Crippen molar-refractivity contribution in [1.29, 1.82) is 0 Å². The van der Waals surface area contributed by atoms with Crippen LogP contribution >= 0.6 is 15.9 Å². The summed E-state index contributed by atoms with van der Waals surface area (Å²) in [5, 5.41) is 0. The molecule has 0 amide bonds. The van der Waals surface area contributed by atoms with Crippen LogP contribution in [0.25, 0.3) is 0 Å². The fraction of sp³-hybridized carbons (Fsp3) is 0.250. The summed E-state index contributed by atoms with van der Waals surface area (Å²) >= 11 is 3.43. The molecule has 3 heteroatoms. The van der Waals surface area contributed by atoms with Gasteiger partial charge in [0, 0.05) is 10.5 Å². The number of rotatable bonds is 6. The molecule has 1 atom stereocenters. The fourth-order valence-electron chi connectivity index (χ4n) is 1.87. The minimum absolute atomic E-state index is 0.130. The van der Waals surface area contributed by atoms with Crippen molar-refractivity contribution in [1.82, 2.24) is 0 Å². The summed E-state index contributed by atoms with van der Waals surface area (Å²) in [7, 11) is 0. The Morgan fingerprint density at radius 1 is 1.00 bits per heavy atom. The maximum absolute atomic E-state index is 6.12. The van der Waals surface area contributed by atoms with Crippen molar-refractivity contribution in [2.75, 3.05) is 6.61 Å². The number of ether oxygens (including phenoxy) is 1. The fourth-order valence-corrected chi connectivity index (χ4v) is 2.13. The Kier molecular flexibility index (Phi) is 5.43. The van der Waals surface area contributed by atoms with Crippen molar-refractivity contribution in [2.24, 2.45) is 5.73 Å². The van der Waals surface area contributed by atoms with Gasteiger partial charge in [-0.25, -0.2) is 0 Å². The van der Waals surface area contributed by atoms with Crippen molar-refractivity contribution in [3.05, 3.63) is 64.6 Å². The SMILES string of the molecule is NC(CCOc1ccccc1)Cc1ccc(Br)cc1. The van der Waals surface area contributed by atoms with Gasteiger partial charge in [0.25, 0.3) is 0 Å². The van der Waals surface area contributed by atoms with Gasteiger partial charge < -0.3 is 10.5 Å². The van der Waals surface area contributed by atoms with Crippen LogP contribution in [0, 0.1) is 0 Å². The third-order valence-electron chi connectivity index (χ3n) is 2.91. The summed E-state index contributed by atoms with van der Waals surface area (Å²) < 4.78 is 6.74. The van der Waals surface area contributed by atoms with Gasteiger partial charge in [0.05, 0.1) is 6.61 Å². The molecule has 1 unspecified atom stereocenters. The van der Waals surface area contributed by atoms with Gasteiger partial charge in [0.15, 0.2) is 0 Å². The maximum Gasteiger partial charge on any atom is 0.119 e. The maximum atomic E-state index is 6.12. The van der Waals surface area contributed by atoms with Crippen LogP contribution in [0.5, 0.6) is 5.75 Å². The molecule has 0 fully saturated rings. The summed E-state index contributed by atoms with van der Waals surface area (Å²) in [6.45, 7) is 0.654. The Hall–Kier alpha value is -1.32. The number of halogens is 1. The average Bonchev–Trinajstić information content (AvgIpc) is 2.43. The molecule has 2 rings (SSSR count). The lowest BCUT2D eigenvalue weighted by Crippen LogP contribution is -2.25. The zero-order chi connectivity index (χ0) is 13.5. The van der Waals surface area contributed by atoms with E-state index in [-0.39, 0.29) is 6.04 Å². The van der Waals surface area contributed by atoms with Gasteiger partial charge in [0.1, 0.15) is 5.75 Å². The van der Waals surface area contributed by atoms with Crippen LogP contribution in [0.3, 0.4) is 0 Å². The highest BCUT2D eigenvalue weighted by molar-refractivity contribution is 9.10. The Morgan fingerprint density at radius 3 is 2.37 bits per heavy atom. The molecule has 0 bridgehead atoms. The average molecular weight is 320 g/mol. The van der Waals surface area contributed by atoms with Crippen LogP contribution in [0.4, 0.5) is 0 Å². The minimum Gasteiger partial charge on any atom is -0.494 e. The predicted octanol–water partition coefficient (Wildman–Crippen LogP) is 3.79. The smallest absolute Gasteiger partial charge is 0.119 e. The molecule has 0 radical (unpaired) electrons. The Bertz CT molecular complexity index is 484. The molecule has 2 aromatic carbocycles. The second-order valence-electron chi connectivity index (χ2n) is 4.54. The highest BCUT2D eigenvalue weighted by Crippen LogP contribution is 2.13. The van der Waals surface area contributed by atoms with Crippen LogP contribution in [0.15, 0.2) is 59.1 Å². The Balaban J connectivity index is 1.73. The second-order valence-corrected chi connectivity index (χ2v) is 5.46. The number of nitrogens with two attached hydrogens (primary N) is 1. The Labute approximate surface area is 122 Å². The van der Waals surface area contributed by atoms with E-state index < -0.39 is 0 Å². The third kappa shape index (κ3) is 5.05.